The smallest absolute Gasteiger partial charge is 0.328 e. The third kappa shape index (κ3) is 9.35. The number of piperidine rings is 1. The molecule has 1 saturated heterocycles. The first-order valence-corrected chi connectivity index (χ1v) is 10.0. The van der Waals surface area contributed by atoms with E-state index in [1.165, 1.54) is 17.7 Å². The number of carbonyl (C=O) groups excluding carboxylic acids is 1. The van der Waals surface area contributed by atoms with Gasteiger partial charge in [-0.15, -0.1) is 0 Å². The van der Waals surface area contributed by atoms with Crippen molar-refractivity contribution in [2.75, 3.05) is 13.1 Å². The minimum atomic E-state index is -1.26. The fraction of sp³-hybridized carbons (Fsp3) is 0.292. The molecule has 2 aromatic carbocycles. The number of hydrogen-bond donors (Lipinski definition) is 2. The van der Waals surface area contributed by atoms with Crippen molar-refractivity contribution in [1.29, 1.82) is 0 Å². The van der Waals surface area contributed by atoms with Crippen LogP contribution in [0.2, 0.25) is 0 Å². The Balaban J connectivity index is 0.000000366. The van der Waals surface area contributed by atoms with E-state index in [-0.39, 0.29) is 11.6 Å². The van der Waals surface area contributed by atoms with Crippen LogP contribution >= 0.6 is 0 Å². The number of benzene rings is 2. The number of ketones is 1. The van der Waals surface area contributed by atoms with Gasteiger partial charge < -0.3 is 10.2 Å². The summed E-state index contributed by atoms with van der Waals surface area (Å²) in [5.74, 6) is -2.23. The summed E-state index contributed by atoms with van der Waals surface area (Å²) in [6, 6.07) is 16.4. The molecule has 31 heavy (non-hydrogen) atoms. The average molecular weight is 427 g/mol. The molecule has 0 aromatic heterocycles. The van der Waals surface area contributed by atoms with E-state index in [4.69, 9.17) is 10.2 Å². The van der Waals surface area contributed by atoms with Gasteiger partial charge in [0.05, 0.1) is 0 Å². The topological polar surface area (TPSA) is 94.9 Å². The fourth-order valence-corrected chi connectivity index (χ4v) is 3.35. The zero-order valence-corrected chi connectivity index (χ0v) is 17.1. The summed E-state index contributed by atoms with van der Waals surface area (Å²) in [5.41, 5.74) is 1.96. The summed E-state index contributed by atoms with van der Waals surface area (Å²) in [6.07, 6.45) is 3.80. The Bertz CT molecular complexity index is 872. The Hall–Kier alpha value is -3.32. The molecule has 7 heteroatoms. The normalized spacial score (nSPS) is 14.6. The molecule has 0 aliphatic carbocycles. The molecule has 2 aromatic rings. The van der Waals surface area contributed by atoms with Crippen LogP contribution in [0.4, 0.5) is 4.39 Å². The van der Waals surface area contributed by atoms with Gasteiger partial charge in [-0.3, -0.25) is 9.69 Å². The summed E-state index contributed by atoms with van der Waals surface area (Å²) in [5, 5.41) is 15.6. The van der Waals surface area contributed by atoms with E-state index in [1.54, 1.807) is 12.1 Å². The highest BCUT2D eigenvalue weighted by molar-refractivity contribution is 5.96. The Labute approximate surface area is 180 Å². The van der Waals surface area contributed by atoms with Crippen LogP contribution in [0.25, 0.3) is 0 Å². The number of aliphatic carboxylic acids is 2. The first-order chi connectivity index (χ1) is 14.8. The SMILES string of the molecule is O=C(CC1CCN(Cc2ccccc2)CC1)c1ccc(F)cc1.O=C(O)/C=C\C(=O)O. The van der Waals surface area contributed by atoms with E-state index in [0.29, 0.717) is 30.1 Å². The Morgan fingerprint density at radius 2 is 1.45 bits per heavy atom. The first kappa shape index (κ1) is 24.0. The first-order valence-electron chi connectivity index (χ1n) is 10.0. The molecule has 0 spiro atoms. The van der Waals surface area contributed by atoms with E-state index in [0.717, 1.165) is 32.5 Å². The van der Waals surface area contributed by atoms with Gasteiger partial charge in [0.25, 0.3) is 0 Å². The Morgan fingerprint density at radius 1 is 0.903 bits per heavy atom. The van der Waals surface area contributed by atoms with Crippen molar-refractivity contribution in [2.45, 2.75) is 25.8 Å². The maximum absolute atomic E-state index is 12.9. The van der Waals surface area contributed by atoms with Crippen LogP contribution in [0.5, 0.6) is 0 Å². The molecule has 0 bridgehead atoms. The standard InChI is InChI=1S/C20H22FNO.C4H4O4/c21-19-8-6-18(7-9-19)20(23)14-16-10-12-22(13-11-16)15-17-4-2-1-3-5-17;5-3(6)1-2-4(7)8/h1-9,16H,10-15H2;1-2H,(H,5,6)(H,7,8)/b;2-1-. The number of Topliss-reactive ketones (excluding diaryl/α,β-unsaturated/α-hetero) is 1. The average Bonchev–Trinajstić information content (AvgIpc) is 2.75. The second kappa shape index (κ2) is 12.4. The van der Waals surface area contributed by atoms with Gasteiger partial charge in [-0.25, -0.2) is 14.0 Å². The highest BCUT2D eigenvalue weighted by Gasteiger charge is 2.22. The van der Waals surface area contributed by atoms with Gasteiger partial charge in [-0.2, -0.15) is 0 Å². The van der Waals surface area contributed by atoms with Crippen molar-refractivity contribution >= 4 is 17.7 Å². The molecule has 1 aliphatic rings. The second-order valence-corrected chi connectivity index (χ2v) is 7.35. The molecule has 0 amide bonds. The number of nitrogens with zero attached hydrogens (tertiary/aromatic N) is 1. The molecule has 1 fully saturated rings. The predicted octanol–water partition coefficient (Wildman–Crippen LogP) is 4.02. The lowest BCUT2D eigenvalue weighted by Crippen LogP contribution is -2.33. The molecule has 3 rings (SSSR count). The highest BCUT2D eigenvalue weighted by Crippen LogP contribution is 2.23. The summed E-state index contributed by atoms with van der Waals surface area (Å²) in [7, 11) is 0. The van der Waals surface area contributed by atoms with Crippen LogP contribution in [0.1, 0.15) is 35.2 Å². The summed E-state index contributed by atoms with van der Waals surface area (Å²) < 4.78 is 12.9. The van der Waals surface area contributed by atoms with Gasteiger partial charge in [-0.1, -0.05) is 30.3 Å². The quantitative estimate of drug-likeness (QED) is 0.512. The van der Waals surface area contributed by atoms with E-state index in [9.17, 15) is 18.8 Å². The number of rotatable bonds is 7. The van der Waals surface area contributed by atoms with Crippen LogP contribution < -0.4 is 0 Å². The molecule has 6 nitrogen and oxygen atoms in total. The fourth-order valence-electron chi connectivity index (χ4n) is 3.35. The maximum atomic E-state index is 12.9. The number of carboxylic acid groups (broad SMARTS) is 2. The summed E-state index contributed by atoms with van der Waals surface area (Å²) >= 11 is 0. The molecule has 0 saturated carbocycles. The number of likely N-dealkylation sites (tertiary alicyclic amines) is 1. The largest absolute Gasteiger partial charge is 0.478 e. The van der Waals surface area contributed by atoms with Crippen LogP contribution in [-0.2, 0) is 16.1 Å². The monoisotopic (exact) mass is 427 g/mol. The Morgan fingerprint density at radius 3 is 1.97 bits per heavy atom. The zero-order chi connectivity index (χ0) is 22.6. The zero-order valence-electron chi connectivity index (χ0n) is 17.1. The molecule has 0 atom stereocenters. The number of halogens is 1. The molecule has 164 valence electrons. The molecule has 2 N–H and O–H groups in total. The predicted molar refractivity (Wildman–Crippen MR) is 114 cm³/mol. The molecular formula is C24H26FNO5. The van der Waals surface area contributed by atoms with Crippen molar-refractivity contribution in [3.05, 3.63) is 83.7 Å². The van der Waals surface area contributed by atoms with Gasteiger partial charge in [0, 0.05) is 30.7 Å². The van der Waals surface area contributed by atoms with Crippen molar-refractivity contribution in [2.24, 2.45) is 5.92 Å². The van der Waals surface area contributed by atoms with E-state index in [2.05, 4.69) is 29.2 Å². The molecule has 1 heterocycles. The van der Waals surface area contributed by atoms with Crippen molar-refractivity contribution in [3.63, 3.8) is 0 Å². The van der Waals surface area contributed by atoms with E-state index in [1.807, 2.05) is 6.07 Å². The van der Waals surface area contributed by atoms with Crippen LogP contribution in [-0.4, -0.2) is 45.9 Å². The Kier molecular flexibility index (Phi) is 9.58. The van der Waals surface area contributed by atoms with Gasteiger partial charge in [-0.05, 0) is 61.7 Å². The number of carboxylic acids is 2. The van der Waals surface area contributed by atoms with Crippen molar-refractivity contribution in [3.8, 4) is 0 Å². The summed E-state index contributed by atoms with van der Waals surface area (Å²) in [4.78, 5) is 33.8. The second-order valence-electron chi connectivity index (χ2n) is 7.35. The molecular weight excluding hydrogens is 401 g/mol. The third-order valence-electron chi connectivity index (χ3n) is 4.96. The van der Waals surface area contributed by atoms with Gasteiger partial charge in [0.15, 0.2) is 5.78 Å². The van der Waals surface area contributed by atoms with Gasteiger partial charge >= 0.3 is 11.9 Å². The lowest BCUT2D eigenvalue weighted by molar-refractivity contribution is -0.134. The van der Waals surface area contributed by atoms with Crippen LogP contribution in [0.3, 0.4) is 0 Å². The number of carbonyl (C=O) groups is 3. The van der Waals surface area contributed by atoms with Crippen LogP contribution in [0, 0.1) is 11.7 Å². The minimum Gasteiger partial charge on any atom is -0.478 e. The minimum absolute atomic E-state index is 0.131. The van der Waals surface area contributed by atoms with Crippen LogP contribution in [0.15, 0.2) is 66.7 Å². The van der Waals surface area contributed by atoms with E-state index < -0.39 is 11.9 Å². The summed E-state index contributed by atoms with van der Waals surface area (Å²) in [6.45, 7) is 3.06. The van der Waals surface area contributed by atoms with Gasteiger partial charge in [0.1, 0.15) is 5.82 Å². The van der Waals surface area contributed by atoms with Crippen molar-refractivity contribution < 1.29 is 29.0 Å². The molecule has 0 unspecified atom stereocenters. The lowest BCUT2D eigenvalue weighted by atomic mass is 9.89. The lowest BCUT2D eigenvalue weighted by Gasteiger charge is -2.31. The van der Waals surface area contributed by atoms with Gasteiger partial charge in [0.2, 0.25) is 0 Å². The molecule has 0 radical (unpaired) electrons. The van der Waals surface area contributed by atoms with E-state index >= 15 is 0 Å². The number of hydrogen-bond acceptors (Lipinski definition) is 4. The highest BCUT2D eigenvalue weighted by atomic mass is 19.1. The molecule has 1 aliphatic heterocycles. The van der Waals surface area contributed by atoms with Crippen molar-refractivity contribution in [1.82, 2.24) is 4.90 Å². The third-order valence-corrected chi connectivity index (χ3v) is 4.96. The maximum Gasteiger partial charge on any atom is 0.328 e.